The van der Waals surface area contributed by atoms with Crippen LogP contribution >= 0.6 is 0 Å². The van der Waals surface area contributed by atoms with Gasteiger partial charge < -0.3 is 5.32 Å². The molecule has 0 saturated heterocycles. The first-order valence-corrected chi connectivity index (χ1v) is 6.54. The van der Waals surface area contributed by atoms with Gasteiger partial charge in [0.2, 0.25) is 0 Å². The quantitative estimate of drug-likeness (QED) is 0.781. The van der Waals surface area contributed by atoms with Crippen LogP contribution < -0.4 is 5.32 Å². The fraction of sp³-hybridized carbons (Fsp3) is 0.600. The number of nitrogens with one attached hydrogen (secondary N) is 1. The Morgan fingerprint density at radius 1 is 1.29 bits per heavy atom. The van der Waals surface area contributed by atoms with Crippen LogP contribution in [-0.2, 0) is 0 Å². The Labute approximate surface area is 104 Å². The summed E-state index contributed by atoms with van der Waals surface area (Å²) in [6.45, 7) is 9.60. The second-order valence-electron chi connectivity index (χ2n) is 5.14. The first-order chi connectivity index (χ1) is 8.04. The summed E-state index contributed by atoms with van der Waals surface area (Å²) < 4.78 is 13.1. The van der Waals surface area contributed by atoms with Crippen molar-refractivity contribution in [3.05, 3.63) is 35.1 Å². The maximum absolute atomic E-state index is 13.1. The van der Waals surface area contributed by atoms with E-state index in [-0.39, 0.29) is 5.82 Å². The molecule has 1 rings (SSSR count). The van der Waals surface area contributed by atoms with Crippen molar-refractivity contribution in [2.24, 2.45) is 5.92 Å². The molecule has 0 spiro atoms. The molecule has 96 valence electrons. The summed E-state index contributed by atoms with van der Waals surface area (Å²) in [7, 11) is 0. The summed E-state index contributed by atoms with van der Waals surface area (Å²) in [6, 6.07) is 5.44. The second-order valence-corrected chi connectivity index (χ2v) is 5.14. The van der Waals surface area contributed by atoms with Crippen molar-refractivity contribution in [1.82, 2.24) is 5.32 Å². The molecular weight excluding hydrogens is 213 g/mol. The molecule has 1 N–H and O–H groups in total. The molecule has 0 aliphatic heterocycles. The largest absolute Gasteiger partial charge is 0.310 e. The van der Waals surface area contributed by atoms with Crippen molar-refractivity contribution in [2.45, 2.75) is 46.6 Å². The van der Waals surface area contributed by atoms with E-state index in [0.717, 1.165) is 24.9 Å². The van der Waals surface area contributed by atoms with Crippen LogP contribution in [-0.4, -0.2) is 6.54 Å². The van der Waals surface area contributed by atoms with Gasteiger partial charge in [-0.15, -0.1) is 0 Å². The molecule has 2 heteroatoms. The van der Waals surface area contributed by atoms with Crippen molar-refractivity contribution >= 4 is 0 Å². The lowest BCUT2D eigenvalue weighted by molar-refractivity contribution is 0.428. The Hall–Kier alpha value is -0.890. The number of aryl methyl sites for hydroxylation is 1. The van der Waals surface area contributed by atoms with Crippen molar-refractivity contribution in [1.29, 1.82) is 0 Å². The summed E-state index contributed by atoms with van der Waals surface area (Å²) in [4.78, 5) is 0. The van der Waals surface area contributed by atoms with E-state index in [1.165, 1.54) is 5.56 Å². The highest BCUT2D eigenvalue weighted by molar-refractivity contribution is 5.29. The lowest BCUT2D eigenvalue weighted by atomic mass is 9.93. The molecule has 17 heavy (non-hydrogen) atoms. The molecule has 1 atom stereocenters. The zero-order chi connectivity index (χ0) is 12.8. The molecule has 0 bridgehead atoms. The molecule has 1 aromatic carbocycles. The topological polar surface area (TPSA) is 12.0 Å². The van der Waals surface area contributed by atoms with Crippen LogP contribution in [0.2, 0.25) is 0 Å². The van der Waals surface area contributed by atoms with Crippen LogP contribution in [0.4, 0.5) is 4.39 Å². The molecule has 1 nitrogen and oxygen atoms in total. The second kappa shape index (κ2) is 6.75. The molecule has 0 aliphatic rings. The Balaban J connectivity index is 2.86. The van der Waals surface area contributed by atoms with Crippen LogP contribution in [0.15, 0.2) is 18.2 Å². The minimum absolute atomic E-state index is 0.148. The molecule has 0 fully saturated rings. The Morgan fingerprint density at radius 3 is 2.53 bits per heavy atom. The Kier molecular flexibility index (Phi) is 5.63. The third-order valence-electron chi connectivity index (χ3n) is 2.96. The van der Waals surface area contributed by atoms with Crippen molar-refractivity contribution in [3.8, 4) is 0 Å². The first-order valence-electron chi connectivity index (χ1n) is 6.54. The molecule has 0 amide bonds. The maximum atomic E-state index is 13.1. The Bertz CT molecular complexity index is 347. The van der Waals surface area contributed by atoms with E-state index in [0.29, 0.717) is 12.0 Å². The smallest absolute Gasteiger partial charge is 0.123 e. The van der Waals surface area contributed by atoms with Gasteiger partial charge in [-0.2, -0.15) is 0 Å². The predicted octanol–water partition coefficient (Wildman–Crippen LogP) is 4.22. The van der Waals surface area contributed by atoms with Gasteiger partial charge in [0.05, 0.1) is 0 Å². The number of hydrogen-bond acceptors (Lipinski definition) is 1. The van der Waals surface area contributed by atoms with Crippen LogP contribution in [0.1, 0.15) is 50.8 Å². The van der Waals surface area contributed by atoms with Gasteiger partial charge in [-0.05, 0) is 55.5 Å². The van der Waals surface area contributed by atoms with Gasteiger partial charge >= 0.3 is 0 Å². The Morgan fingerprint density at radius 2 is 2.00 bits per heavy atom. The predicted molar refractivity (Wildman–Crippen MR) is 71.6 cm³/mol. The number of hydrogen-bond donors (Lipinski definition) is 1. The van der Waals surface area contributed by atoms with Gasteiger partial charge in [0, 0.05) is 6.04 Å². The van der Waals surface area contributed by atoms with E-state index in [2.05, 4.69) is 26.1 Å². The standard InChI is InChI=1S/C15H24FN/c1-5-8-17-15(9-11(2)3)14-7-6-13(16)10-12(14)4/h6-7,10-11,15,17H,5,8-9H2,1-4H3. The molecule has 0 aromatic heterocycles. The van der Waals surface area contributed by atoms with Crippen molar-refractivity contribution < 1.29 is 4.39 Å². The van der Waals surface area contributed by atoms with E-state index >= 15 is 0 Å². The normalized spacial score (nSPS) is 13.1. The first kappa shape index (κ1) is 14.2. The van der Waals surface area contributed by atoms with Crippen molar-refractivity contribution in [2.75, 3.05) is 6.54 Å². The SMILES string of the molecule is CCCNC(CC(C)C)c1ccc(F)cc1C. The van der Waals surface area contributed by atoms with Gasteiger partial charge in [-0.1, -0.05) is 26.8 Å². The maximum Gasteiger partial charge on any atom is 0.123 e. The lowest BCUT2D eigenvalue weighted by Gasteiger charge is -2.22. The van der Waals surface area contributed by atoms with Crippen LogP contribution in [0, 0.1) is 18.7 Å². The van der Waals surface area contributed by atoms with E-state index < -0.39 is 0 Å². The van der Waals surface area contributed by atoms with E-state index in [1.54, 1.807) is 12.1 Å². The van der Waals surface area contributed by atoms with Crippen LogP contribution in [0.5, 0.6) is 0 Å². The fourth-order valence-corrected chi connectivity index (χ4v) is 2.14. The van der Waals surface area contributed by atoms with Gasteiger partial charge in [-0.25, -0.2) is 4.39 Å². The highest BCUT2D eigenvalue weighted by atomic mass is 19.1. The minimum atomic E-state index is -0.148. The van der Waals surface area contributed by atoms with E-state index in [9.17, 15) is 4.39 Å². The highest BCUT2D eigenvalue weighted by Gasteiger charge is 2.14. The highest BCUT2D eigenvalue weighted by Crippen LogP contribution is 2.24. The average molecular weight is 237 g/mol. The van der Waals surface area contributed by atoms with E-state index in [1.807, 2.05) is 13.0 Å². The van der Waals surface area contributed by atoms with Gasteiger partial charge in [0.1, 0.15) is 5.82 Å². The number of halogens is 1. The molecule has 0 aliphatic carbocycles. The van der Waals surface area contributed by atoms with Crippen LogP contribution in [0.3, 0.4) is 0 Å². The summed E-state index contributed by atoms with van der Waals surface area (Å²) in [5, 5.41) is 3.55. The zero-order valence-electron chi connectivity index (χ0n) is 11.4. The molecule has 1 aromatic rings. The van der Waals surface area contributed by atoms with Gasteiger partial charge in [-0.3, -0.25) is 0 Å². The van der Waals surface area contributed by atoms with Gasteiger partial charge in [0.25, 0.3) is 0 Å². The molecule has 1 unspecified atom stereocenters. The fourth-order valence-electron chi connectivity index (χ4n) is 2.14. The van der Waals surface area contributed by atoms with E-state index in [4.69, 9.17) is 0 Å². The summed E-state index contributed by atoms with van der Waals surface area (Å²) in [6.07, 6.45) is 2.21. The third-order valence-corrected chi connectivity index (χ3v) is 2.96. The number of benzene rings is 1. The molecule has 0 heterocycles. The summed E-state index contributed by atoms with van der Waals surface area (Å²) in [5.41, 5.74) is 2.27. The summed E-state index contributed by atoms with van der Waals surface area (Å²) >= 11 is 0. The lowest BCUT2D eigenvalue weighted by Crippen LogP contribution is -2.24. The molecular formula is C15H24FN. The summed E-state index contributed by atoms with van der Waals surface area (Å²) in [5.74, 6) is 0.485. The monoisotopic (exact) mass is 237 g/mol. The molecule has 0 radical (unpaired) electrons. The molecule has 0 saturated carbocycles. The minimum Gasteiger partial charge on any atom is -0.310 e. The average Bonchev–Trinajstić information content (AvgIpc) is 2.24. The van der Waals surface area contributed by atoms with Crippen molar-refractivity contribution in [3.63, 3.8) is 0 Å². The van der Waals surface area contributed by atoms with Crippen LogP contribution in [0.25, 0.3) is 0 Å². The third kappa shape index (κ3) is 4.47. The zero-order valence-corrected chi connectivity index (χ0v) is 11.4. The van der Waals surface area contributed by atoms with Gasteiger partial charge in [0.15, 0.2) is 0 Å². The number of rotatable bonds is 6.